The van der Waals surface area contributed by atoms with Gasteiger partial charge in [0.1, 0.15) is 0 Å². The van der Waals surface area contributed by atoms with Crippen molar-refractivity contribution >= 4 is 11.9 Å². The monoisotopic (exact) mass is 232 g/mol. The maximum atomic E-state index is 9.00. The van der Waals surface area contributed by atoms with Crippen LogP contribution in [0.15, 0.2) is 0 Å². The zero-order valence-electron chi connectivity index (χ0n) is 5.03. The predicted octanol–water partition coefficient (Wildman–Crippen LogP) is 0.179. The number of aliphatic carboxylic acids is 2. The number of hydrogen-bond acceptors (Lipinski definition) is 2. The Morgan fingerprint density at radius 1 is 1.00 bits per heavy atom. The molecule has 0 aliphatic carbocycles. The molecule has 5 heteroatoms. The van der Waals surface area contributed by atoms with Crippen LogP contribution in [0.5, 0.6) is 0 Å². The SMILES string of the molecule is CC(=O)O.CC(=O)O.[112Pd]. The second-order valence-corrected chi connectivity index (χ2v) is 1.04. The van der Waals surface area contributed by atoms with Crippen molar-refractivity contribution in [1.29, 1.82) is 0 Å². The summed E-state index contributed by atoms with van der Waals surface area (Å²) < 4.78 is 0. The molecule has 4 nitrogen and oxygen atoms in total. The molecule has 0 aromatic rings. The van der Waals surface area contributed by atoms with E-state index >= 15 is 0 Å². The van der Waals surface area contributed by atoms with Crippen molar-refractivity contribution in [2.75, 3.05) is 0 Å². The van der Waals surface area contributed by atoms with E-state index in [0.29, 0.717) is 0 Å². The molecule has 0 radical (unpaired) electrons. The molecule has 0 heterocycles. The van der Waals surface area contributed by atoms with Crippen molar-refractivity contribution in [2.24, 2.45) is 0 Å². The van der Waals surface area contributed by atoms with Gasteiger partial charge in [0.15, 0.2) is 0 Å². The van der Waals surface area contributed by atoms with Crippen LogP contribution < -0.4 is 0 Å². The van der Waals surface area contributed by atoms with Crippen LogP contribution >= 0.6 is 0 Å². The van der Waals surface area contributed by atoms with E-state index in [1.165, 1.54) is 0 Å². The van der Waals surface area contributed by atoms with Gasteiger partial charge in [0.2, 0.25) is 0 Å². The van der Waals surface area contributed by atoms with E-state index in [4.69, 9.17) is 19.8 Å². The molecule has 2 N–H and O–H groups in total. The van der Waals surface area contributed by atoms with Crippen molar-refractivity contribution in [3.63, 3.8) is 0 Å². The first-order valence-corrected chi connectivity index (χ1v) is 1.86. The minimum Gasteiger partial charge on any atom is -0.481 e. The number of carboxylic acid groups (broad SMARTS) is 2. The third-order valence-corrected chi connectivity index (χ3v) is 0. The van der Waals surface area contributed by atoms with Gasteiger partial charge in [0, 0.05) is 34.3 Å². The number of carboxylic acids is 2. The van der Waals surface area contributed by atoms with Crippen LogP contribution in [0.4, 0.5) is 0 Å². The first kappa shape index (κ1) is 15.8. The second-order valence-electron chi connectivity index (χ2n) is 1.04. The Morgan fingerprint density at radius 3 is 1.00 bits per heavy atom. The van der Waals surface area contributed by atoms with Gasteiger partial charge in [-0.2, -0.15) is 0 Å². The largest absolute Gasteiger partial charge is 0.481 e. The summed E-state index contributed by atoms with van der Waals surface area (Å²) >= 11 is 0. The van der Waals surface area contributed by atoms with E-state index in [9.17, 15) is 0 Å². The molecule has 0 aromatic carbocycles. The molecule has 0 saturated carbocycles. The van der Waals surface area contributed by atoms with Gasteiger partial charge in [-0.1, -0.05) is 0 Å². The summed E-state index contributed by atoms with van der Waals surface area (Å²) in [6.07, 6.45) is 0. The van der Waals surface area contributed by atoms with Gasteiger partial charge in [-0.05, 0) is 0 Å². The van der Waals surface area contributed by atoms with Crippen molar-refractivity contribution in [3.05, 3.63) is 0 Å². The second kappa shape index (κ2) is 10.6. The maximum absolute atomic E-state index is 9.00. The molecular weight excluding hydrogens is 224 g/mol. The molecular formula is C4H8O4Pd. The molecule has 0 unspecified atom stereocenters. The van der Waals surface area contributed by atoms with Gasteiger partial charge in [-0.25, -0.2) is 0 Å². The molecule has 0 aliphatic heterocycles. The summed E-state index contributed by atoms with van der Waals surface area (Å²) in [5, 5.41) is 14.8. The molecule has 0 bridgehead atoms. The fourth-order valence-corrected chi connectivity index (χ4v) is 0. The summed E-state index contributed by atoms with van der Waals surface area (Å²) in [4.78, 5) is 18.0. The molecule has 0 rings (SSSR count). The van der Waals surface area contributed by atoms with Crippen molar-refractivity contribution in [1.82, 2.24) is 0 Å². The number of hydrogen-bond donors (Lipinski definition) is 2. The molecule has 0 aliphatic rings. The van der Waals surface area contributed by atoms with Crippen LogP contribution in [0.1, 0.15) is 13.8 Å². The zero-order valence-corrected chi connectivity index (χ0v) is 6.58. The van der Waals surface area contributed by atoms with E-state index in [-0.39, 0.29) is 20.4 Å². The van der Waals surface area contributed by atoms with Crippen LogP contribution in [0.3, 0.4) is 0 Å². The number of carbonyl (C=O) groups is 2. The molecule has 0 amide bonds. The Balaban J connectivity index is -0.0000000720. The Labute approximate surface area is 66.5 Å². The number of rotatable bonds is 0. The first-order chi connectivity index (χ1) is 3.46. The standard InChI is InChI=1S/2C2H4O2.Pd/c2*1-2(3)4;/h2*1H3,(H,3,4);/i;;1+6. The minimum atomic E-state index is -0.833. The van der Waals surface area contributed by atoms with Gasteiger partial charge in [-0.15, -0.1) is 0 Å². The summed E-state index contributed by atoms with van der Waals surface area (Å²) in [7, 11) is 0. The van der Waals surface area contributed by atoms with E-state index < -0.39 is 11.9 Å². The summed E-state index contributed by atoms with van der Waals surface area (Å²) in [6.45, 7) is 2.17. The van der Waals surface area contributed by atoms with Gasteiger partial charge in [0.25, 0.3) is 11.9 Å². The Bertz CT molecular complexity index is 70.6. The first-order valence-electron chi connectivity index (χ1n) is 1.86. The summed E-state index contributed by atoms with van der Waals surface area (Å²) in [6, 6.07) is 0. The molecule has 58 valence electrons. The molecule has 0 fully saturated rings. The van der Waals surface area contributed by atoms with E-state index in [0.717, 1.165) is 13.8 Å². The maximum Gasteiger partial charge on any atom is 0.300 e. The van der Waals surface area contributed by atoms with Crippen molar-refractivity contribution < 1.29 is 40.2 Å². The average molecular weight is 232 g/mol. The van der Waals surface area contributed by atoms with Gasteiger partial charge < -0.3 is 10.2 Å². The molecule has 0 atom stereocenters. The van der Waals surface area contributed by atoms with E-state index in [2.05, 4.69) is 0 Å². The quantitative estimate of drug-likeness (QED) is 0.584. The van der Waals surface area contributed by atoms with Crippen molar-refractivity contribution in [3.8, 4) is 0 Å². The smallest absolute Gasteiger partial charge is 0.300 e. The van der Waals surface area contributed by atoms with Gasteiger partial charge in [0.05, 0.1) is 0 Å². The van der Waals surface area contributed by atoms with Gasteiger partial charge >= 0.3 is 0 Å². The third kappa shape index (κ3) is 1510. The van der Waals surface area contributed by atoms with Crippen LogP contribution in [0, 0.1) is 0 Å². The molecule has 0 aromatic heterocycles. The van der Waals surface area contributed by atoms with Crippen LogP contribution in [-0.4, -0.2) is 22.2 Å². The summed E-state index contributed by atoms with van der Waals surface area (Å²) in [5.74, 6) is -1.67. The fourth-order valence-electron chi connectivity index (χ4n) is 0. The van der Waals surface area contributed by atoms with Crippen LogP contribution in [-0.2, 0) is 30.0 Å². The summed E-state index contributed by atoms with van der Waals surface area (Å²) in [5.41, 5.74) is 0. The Kier molecular flexibility index (Phi) is 18.6. The Morgan fingerprint density at radius 2 is 1.00 bits per heavy atom. The van der Waals surface area contributed by atoms with Crippen molar-refractivity contribution in [2.45, 2.75) is 13.8 Å². The molecule has 0 saturated heterocycles. The Hall–Kier alpha value is -0.398. The molecule has 0 spiro atoms. The fraction of sp³-hybridized carbons (Fsp3) is 0.500. The minimum absolute atomic E-state index is 0. The van der Waals surface area contributed by atoms with Gasteiger partial charge in [-0.3, -0.25) is 9.59 Å². The third-order valence-electron chi connectivity index (χ3n) is 0. The van der Waals surface area contributed by atoms with Crippen LogP contribution in [0.2, 0.25) is 0 Å². The van der Waals surface area contributed by atoms with E-state index in [1.54, 1.807) is 0 Å². The predicted molar refractivity (Wildman–Crippen MR) is 26.6 cm³/mol. The molecule has 9 heavy (non-hydrogen) atoms. The normalized spacial score (nSPS) is 5.56. The zero-order chi connectivity index (χ0) is 7.15. The van der Waals surface area contributed by atoms with E-state index in [1.807, 2.05) is 0 Å². The average Bonchev–Trinajstić information content (AvgIpc) is 1.25. The topological polar surface area (TPSA) is 74.6 Å². The van der Waals surface area contributed by atoms with Crippen LogP contribution in [0.25, 0.3) is 0 Å².